The largest absolute Gasteiger partial charge is 0.458 e. The maximum Gasteiger partial charge on any atom is 0.408 e. The molecule has 178 valence electrons. The van der Waals surface area contributed by atoms with Gasteiger partial charge >= 0.3 is 12.1 Å². The standard InChI is InChI=1S/C24H22N6O5/c25-23-29-20-19(21(31)30-23)27-17(12-26-20)14-34-22(32)18(11-15-7-3-1-4-8-15)28-24(33)35-13-16-9-5-2-6-10-16/h1-10,12,18H,11,13-14H2,(H,28,33)(H3,25,26,29,30,31). The summed E-state index contributed by atoms with van der Waals surface area (Å²) in [6, 6.07) is 17.3. The van der Waals surface area contributed by atoms with Crippen LogP contribution < -0.4 is 16.6 Å². The van der Waals surface area contributed by atoms with Gasteiger partial charge in [-0.15, -0.1) is 0 Å². The summed E-state index contributed by atoms with van der Waals surface area (Å²) in [5.74, 6) is -0.776. The van der Waals surface area contributed by atoms with Gasteiger partial charge in [-0.05, 0) is 11.1 Å². The first-order valence-corrected chi connectivity index (χ1v) is 10.7. The zero-order valence-corrected chi connectivity index (χ0v) is 18.5. The fourth-order valence-electron chi connectivity index (χ4n) is 3.24. The quantitative estimate of drug-likeness (QED) is 0.324. The number of nitrogen functional groups attached to an aromatic ring is 1. The number of rotatable bonds is 8. The molecule has 0 aliphatic rings. The first-order chi connectivity index (χ1) is 17.0. The van der Waals surface area contributed by atoms with E-state index in [1.54, 1.807) is 0 Å². The highest BCUT2D eigenvalue weighted by molar-refractivity contribution is 5.81. The second-order valence-electron chi connectivity index (χ2n) is 7.54. The summed E-state index contributed by atoms with van der Waals surface area (Å²) in [7, 11) is 0. The van der Waals surface area contributed by atoms with E-state index in [9.17, 15) is 14.4 Å². The molecule has 1 amide bonds. The Hall–Kier alpha value is -4.80. The minimum Gasteiger partial charge on any atom is -0.458 e. The van der Waals surface area contributed by atoms with Crippen LogP contribution >= 0.6 is 0 Å². The number of carbonyl (C=O) groups excluding carboxylic acids is 2. The molecule has 0 radical (unpaired) electrons. The summed E-state index contributed by atoms with van der Waals surface area (Å²) in [6.45, 7) is -0.211. The predicted octanol–water partition coefficient (Wildman–Crippen LogP) is 1.88. The van der Waals surface area contributed by atoms with Crippen LogP contribution in [0.25, 0.3) is 11.2 Å². The Morgan fingerprint density at radius 3 is 2.34 bits per heavy atom. The van der Waals surface area contributed by atoms with E-state index in [0.29, 0.717) is 0 Å². The second-order valence-corrected chi connectivity index (χ2v) is 7.54. The molecule has 0 bridgehead atoms. The summed E-state index contributed by atoms with van der Waals surface area (Å²) < 4.78 is 10.6. The molecule has 35 heavy (non-hydrogen) atoms. The zero-order chi connectivity index (χ0) is 24.6. The lowest BCUT2D eigenvalue weighted by molar-refractivity contribution is -0.147. The fourth-order valence-corrected chi connectivity index (χ4v) is 3.24. The number of aromatic amines is 1. The number of fused-ring (bicyclic) bond motifs is 1. The molecule has 4 N–H and O–H groups in total. The van der Waals surface area contributed by atoms with Gasteiger partial charge in [0, 0.05) is 6.42 Å². The number of H-pyrrole nitrogens is 1. The van der Waals surface area contributed by atoms with Crippen molar-refractivity contribution in [3.63, 3.8) is 0 Å². The smallest absolute Gasteiger partial charge is 0.408 e. The summed E-state index contributed by atoms with van der Waals surface area (Å²) >= 11 is 0. The number of amides is 1. The first-order valence-electron chi connectivity index (χ1n) is 10.7. The second kappa shape index (κ2) is 10.9. The third-order valence-corrected chi connectivity index (χ3v) is 4.92. The summed E-state index contributed by atoms with van der Waals surface area (Å²) in [4.78, 5) is 51.7. The van der Waals surface area contributed by atoms with E-state index in [-0.39, 0.29) is 42.4 Å². The molecular weight excluding hydrogens is 452 g/mol. The predicted molar refractivity (Wildman–Crippen MR) is 126 cm³/mol. The molecule has 0 aliphatic carbocycles. The highest BCUT2D eigenvalue weighted by atomic mass is 16.6. The third kappa shape index (κ3) is 6.38. The van der Waals surface area contributed by atoms with Crippen molar-refractivity contribution >= 4 is 29.2 Å². The number of benzene rings is 2. The van der Waals surface area contributed by atoms with Crippen LogP contribution in [0.4, 0.5) is 10.7 Å². The van der Waals surface area contributed by atoms with Gasteiger partial charge in [-0.2, -0.15) is 4.98 Å². The lowest BCUT2D eigenvalue weighted by Gasteiger charge is -2.18. The Kier molecular flexibility index (Phi) is 7.26. The van der Waals surface area contributed by atoms with Crippen LogP contribution in [-0.4, -0.2) is 38.0 Å². The average molecular weight is 474 g/mol. The van der Waals surface area contributed by atoms with Crippen molar-refractivity contribution in [2.24, 2.45) is 0 Å². The van der Waals surface area contributed by atoms with Crippen molar-refractivity contribution in [3.05, 3.63) is 94.0 Å². The number of nitrogens with two attached hydrogens (primary N) is 1. The van der Waals surface area contributed by atoms with Gasteiger partial charge in [-0.1, -0.05) is 60.7 Å². The lowest BCUT2D eigenvalue weighted by atomic mass is 10.1. The van der Waals surface area contributed by atoms with Gasteiger partial charge in [0.05, 0.1) is 11.9 Å². The molecule has 2 aromatic heterocycles. The van der Waals surface area contributed by atoms with E-state index in [4.69, 9.17) is 15.2 Å². The number of nitrogens with zero attached hydrogens (tertiary/aromatic N) is 3. The molecule has 11 heteroatoms. The van der Waals surface area contributed by atoms with Crippen molar-refractivity contribution in [1.29, 1.82) is 0 Å². The van der Waals surface area contributed by atoms with E-state index >= 15 is 0 Å². The van der Waals surface area contributed by atoms with Gasteiger partial charge in [0.1, 0.15) is 19.3 Å². The molecule has 0 saturated carbocycles. The molecule has 1 unspecified atom stereocenters. The van der Waals surface area contributed by atoms with Gasteiger partial charge in [0.15, 0.2) is 11.2 Å². The molecule has 0 fully saturated rings. The van der Waals surface area contributed by atoms with E-state index in [0.717, 1.165) is 11.1 Å². The van der Waals surface area contributed by atoms with Gasteiger partial charge in [-0.3, -0.25) is 9.78 Å². The molecule has 2 heterocycles. The highest BCUT2D eigenvalue weighted by Crippen LogP contribution is 2.09. The molecule has 0 spiro atoms. The number of esters is 1. The van der Waals surface area contributed by atoms with Crippen LogP contribution in [0, 0.1) is 0 Å². The Bertz CT molecular complexity index is 1380. The minimum absolute atomic E-state index is 0.0313. The van der Waals surface area contributed by atoms with Crippen molar-refractivity contribution in [2.75, 3.05) is 5.73 Å². The van der Waals surface area contributed by atoms with Crippen LogP contribution in [0.5, 0.6) is 0 Å². The van der Waals surface area contributed by atoms with E-state index < -0.39 is 23.7 Å². The fraction of sp³-hybridized carbons (Fsp3) is 0.167. The van der Waals surface area contributed by atoms with Crippen LogP contribution in [0.2, 0.25) is 0 Å². The van der Waals surface area contributed by atoms with Crippen LogP contribution in [0.1, 0.15) is 16.8 Å². The monoisotopic (exact) mass is 474 g/mol. The van der Waals surface area contributed by atoms with Crippen molar-refractivity contribution in [2.45, 2.75) is 25.7 Å². The first kappa shape index (κ1) is 23.4. The summed E-state index contributed by atoms with van der Waals surface area (Å²) in [5, 5.41) is 2.57. The number of anilines is 1. The Morgan fingerprint density at radius 2 is 1.63 bits per heavy atom. The van der Waals surface area contributed by atoms with Gasteiger partial charge < -0.3 is 20.5 Å². The van der Waals surface area contributed by atoms with Crippen LogP contribution in [0.3, 0.4) is 0 Å². The van der Waals surface area contributed by atoms with E-state index in [1.165, 1.54) is 6.20 Å². The normalized spacial score (nSPS) is 11.5. The number of hydrogen-bond donors (Lipinski definition) is 3. The zero-order valence-electron chi connectivity index (χ0n) is 18.5. The number of hydrogen-bond acceptors (Lipinski definition) is 9. The van der Waals surface area contributed by atoms with Crippen LogP contribution in [0.15, 0.2) is 71.7 Å². The number of alkyl carbamates (subject to hydrolysis) is 1. The van der Waals surface area contributed by atoms with Crippen molar-refractivity contribution < 1.29 is 19.1 Å². The van der Waals surface area contributed by atoms with Crippen molar-refractivity contribution in [1.82, 2.24) is 25.3 Å². The Balaban J connectivity index is 1.43. The van der Waals surface area contributed by atoms with E-state index in [2.05, 4.69) is 25.3 Å². The lowest BCUT2D eigenvalue weighted by Crippen LogP contribution is -2.43. The molecular formula is C24H22N6O5. The van der Waals surface area contributed by atoms with Gasteiger partial charge in [0.2, 0.25) is 5.95 Å². The molecule has 4 aromatic rings. The SMILES string of the molecule is Nc1nc2ncc(COC(=O)C(Cc3ccccc3)NC(=O)OCc3ccccc3)nc2c(=O)[nH]1. The third-order valence-electron chi connectivity index (χ3n) is 4.92. The number of carbonyl (C=O) groups is 2. The number of aromatic nitrogens is 4. The maximum absolute atomic E-state index is 12.9. The highest BCUT2D eigenvalue weighted by Gasteiger charge is 2.24. The molecule has 2 aromatic carbocycles. The Morgan fingerprint density at radius 1 is 0.943 bits per heavy atom. The van der Waals surface area contributed by atoms with Crippen molar-refractivity contribution in [3.8, 4) is 0 Å². The van der Waals surface area contributed by atoms with E-state index in [1.807, 2.05) is 60.7 Å². The van der Waals surface area contributed by atoms with Gasteiger partial charge in [0.25, 0.3) is 5.56 Å². The summed E-state index contributed by atoms with van der Waals surface area (Å²) in [6.07, 6.45) is 0.758. The minimum atomic E-state index is -1.01. The Labute approximate surface area is 199 Å². The molecule has 1 atom stereocenters. The average Bonchev–Trinajstić information content (AvgIpc) is 2.87. The molecule has 0 aliphatic heterocycles. The maximum atomic E-state index is 12.9. The topological polar surface area (TPSA) is 162 Å². The van der Waals surface area contributed by atoms with Gasteiger partial charge in [-0.25, -0.2) is 19.6 Å². The summed E-state index contributed by atoms with van der Waals surface area (Å²) in [5.41, 5.74) is 6.85. The molecule has 11 nitrogen and oxygen atoms in total. The molecule has 0 saturated heterocycles. The molecule has 4 rings (SSSR count). The van der Waals surface area contributed by atoms with Crippen LogP contribution in [-0.2, 0) is 33.9 Å². The number of ether oxygens (including phenoxy) is 2. The number of nitrogens with one attached hydrogen (secondary N) is 2.